The predicted molar refractivity (Wildman–Crippen MR) is 87.4 cm³/mol. The van der Waals surface area contributed by atoms with Crippen LogP contribution in [0.3, 0.4) is 0 Å². The molecule has 1 fully saturated rings. The molecule has 142 valence electrons. The zero-order valence-corrected chi connectivity index (χ0v) is 14.1. The summed E-state index contributed by atoms with van der Waals surface area (Å²) in [6, 6.07) is 8.00. The fraction of sp³-hybridized carbons (Fsp3) is 0.316. The first kappa shape index (κ1) is 17.5. The molecule has 0 spiro atoms. The van der Waals surface area contributed by atoms with Gasteiger partial charge < -0.3 is 19.3 Å². The quantitative estimate of drug-likeness (QED) is 0.830. The fourth-order valence-corrected chi connectivity index (χ4v) is 3.36. The van der Waals surface area contributed by atoms with Gasteiger partial charge in [0.25, 0.3) is 0 Å². The van der Waals surface area contributed by atoms with Gasteiger partial charge in [-0.15, -0.1) is 0 Å². The number of carboxylic acid groups (broad SMARTS) is 1. The number of rotatable bonds is 5. The molecule has 2 aromatic carbocycles. The summed E-state index contributed by atoms with van der Waals surface area (Å²) in [7, 11) is 0. The lowest BCUT2D eigenvalue weighted by Gasteiger charge is -2.15. The first-order valence-electron chi connectivity index (χ1n) is 8.35. The second kappa shape index (κ2) is 6.07. The number of hydrogen-bond donors (Lipinski definition) is 1. The number of benzene rings is 2. The Labute approximate surface area is 152 Å². The lowest BCUT2D eigenvalue weighted by atomic mass is 10.1. The number of carboxylic acids is 1. The van der Waals surface area contributed by atoms with Crippen molar-refractivity contribution in [1.29, 1.82) is 0 Å². The summed E-state index contributed by atoms with van der Waals surface area (Å²) in [5, 5.41) is 9.10. The molecule has 0 saturated heterocycles. The maximum Gasteiger partial charge on any atom is 0.416 e. The van der Waals surface area contributed by atoms with Gasteiger partial charge in [-0.1, -0.05) is 6.07 Å². The van der Waals surface area contributed by atoms with Crippen LogP contribution in [0.25, 0.3) is 0 Å². The van der Waals surface area contributed by atoms with E-state index in [0.29, 0.717) is 11.5 Å². The van der Waals surface area contributed by atoms with Gasteiger partial charge in [-0.25, -0.2) is 0 Å². The van der Waals surface area contributed by atoms with E-state index in [-0.39, 0.29) is 30.1 Å². The Morgan fingerprint density at radius 3 is 2.63 bits per heavy atom. The first-order valence-corrected chi connectivity index (χ1v) is 8.35. The van der Waals surface area contributed by atoms with E-state index < -0.39 is 23.6 Å². The summed E-state index contributed by atoms with van der Waals surface area (Å²) in [4.78, 5) is 11.1. The summed E-state index contributed by atoms with van der Waals surface area (Å²) < 4.78 is 55.3. The van der Waals surface area contributed by atoms with Crippen LogP contribution in [0.1, 0.15) is 24.0 Å². The minimum Gasteiger partial charge on any atom is -0.490 e. The summed E-state index contributed by atoms with van der Waals surface area (Å²) in [6.45, 7) is 1.85. The molecule has 1 aliphatic carbocycles. The monoisotopic (exact) mass is 380 g/mol. The van der Waals surface area contributed by atoms with E-state index in [9.17, 15) is 18.0 Å². The van der Waals surface area contributed by atoms with Crippen LogP contribution >= 0.6 is 0 Å². The summed E-state index contributed by atoms with van der Waals surface area (Å²) >= 11 is 0. The van der Waals surface area contributed by atoms with Gasteiger partial charge in [-0.3, -0.25) is 4.79 Å². The molecule has 1 aliphatic heterocycles. The number of fused-ring (bicyclic) bond motifs is 3. The van der Waals surface area contributed by atoms with E-state index in [2.05, 4.69) is 0 Å². The van der Waals surface area contributed by atoms with Gasteiger partial charge in [0.2, 0.25) is 0 Å². The Kier molecular flexibility index (Phi) is 3.94. The summed E-state index contributed by atoms with van der Waals surface area (Å²) in [5.74, 6) is -0.533. The third-order valence-corrected chi connectivity index (χ3v) is 4.64. The molecular weight excluding hydrogens is 365 g/mol. The third-order valence-electron chi connectivity index (χ3n) is 4.64. The van der Waals surface area contributed by atoms with Crippen molar-refractivity contribution in [3.8, 4) is 23.0 Å². The van der Waals surface area contributed by atoms with Crippen LogP contribution in [0.4, 0.5) is 13.2 Å². The van der Waals surface area contributed by atoms with E-state index >= 15 is 0 Å². The Balaban J connectivity index is 1.57. The SMILES string of the molecule is CCOc1cc(C(F)(F)F)ccc1Oc1ccc2c(c1)OC1C(C(=O)O)C21. The Morgan fingerprint density at radius 2 is 1.96 bits per heavy atom. The molecule has 2 aliphatic rings. The van der Waals surface area contributed by atoms with Crippen LogP contribution in [0.2, 0.25) is 0 Å². The van der Waals surface area contributed by atoms with Crippen molar-refractivity contribution < 1.29 is 37.3 Å². The molecule has 3 unspecified atom stereocenters. The highest BCUT2D eigenvalue weighted by Gasteiger charge is 2.63. The minimum absolute atomic E-state index is 0.0115. The topological polar surface area (TPSA) is 65.0 Å². The van der Waals surface area contributed by atoms with Gasteiger partial charge in [0, 0.05) is 17.5 Å². The van der Waals surface area contributed by atoms with E-state index in [1.807, 2.05) is 0 Å². The van der Waals surface area contributed by atoms with E-state index in [1.165, 1.54) is 6.07 Å². The van der Waals surface area contributed by atoms with Crippen molar-refractivity contribution in [2.24, 2.45) is 5.92 Å². The molecular formula is C19H15F3O5. The lowest BCUT2D eigenvalue weighted by Crippen LogP contribution is -2.08. The van der Waals surface area contributed by atoms with Gasteiger partial charge in [0.15, 0.2) is 11.5 Å². The van der Waals surface area contributed by atoms with E-state index in [4.69, 9.17) is 19.3 Å². The molecule has 1 N–H and O–H groups in total. The van der Waals surface area contributed by atoms with Crippen LogP contribution in [0.5, 0.6) is 23.0 Å². The van der Waals surface area contributed by atoms with Crippen LogP contribution in [0.15, 0.2) is 36.4 Å². The highest BCUT2D eigenvalue weighted by molar-refractivity contribution is 5.79. The Bertz CT molecular complexity index is 909. The second-order valence-corrected chi connectivity index (χ2v) is 6.37. The Morgan fingerprint density at radius 1 is 1.19 bits per heavy atom. The highest BCUT2D eigenvalue weighted by atomic mass is 19.4. The molecule has 0 aromatic heterocycles. The lowest BCUT2D eigenvalue weighted by molar-refractivity contribution is -0.139. The predicted octanol–water partition coefficient (Wildman–Crippen LogP) is 4.46. The first-order chi connectivity index (χ1) is 12.8. The van der Waals surface area contributed by atoms with Crippen LogP contribution in [-0.2, 0) is 11.0 Å². The molecule has 0 radical (unpaired) electrons. The van der Waals surface area contributed by atoms with Crippen LogP contribution in [0, 0.1) is 5.92 Å². The second-order valence-electron chi connectivity index (χ2n) is 6.37. The minimum atomic E-state index is -4.48. The van der Waals surface area contributed by atoms with Gasteiger partial charge in [-0.05, 0) is 31.2 Å². The van der Waals surface area contributed by atoms with Gasteiger partial charge in [0.05, 0.1) is 12.2 Å². The van der Waals surface area contributed by atoms with Crippen molar-refractivity contribution in [2.75, 3.05) is 6.61 Å². The molecule has 0 amide bonds. The van der Waals surface area contributed by atoms with Gasteiger partial charge in [0.1, 0.15) is 23.5 Å². The normalized spacial score (nSPS) is 22.4. The molecule has 4 rings (SSSR count). The molecule has 0 bridgehead atoms. The fourth-order valence-electron chi connectivity index (χ4n) is 3.36. The van der Waals surface area contributed by atoms with E-state index in [0.717, 1.165) is 17.7 Å². The van der Waals surface area contributed by atoms with Crippen molar-refractivity contribution >= 4 is 5.97 Å². The zero-order chi connectivity index (χ0) is 19.3. The average molecular weight is 380 g/mol. The van der Waals surface area contributed by atoms with Crippen molar-refractivity contribution in [1.82, 2.24) is 0 Å². The molecule has 1 saturated carbocycles. The highest BCUT2D eigenvalue weighted by Crippen LogP contribution is 2.59. The van der Waals surface area contributed by atoms with Crippen LogP contribution in [-0.4, -0.2) is 23.8 Å². The summed E-state index contributed by atoms with van der Waals surface area (Å²) in [6.07, 6.45) is -4.84. The zero-order valence-electron chi connectivity index (χ0n) is 14.1. The average Bonchev–Trinajstić information content (AvgIpc) is 3.19. The van der Waals surface area contributed by atoms with E-state index in [1.54, 1.807) is 25.1 Å². The van der Waals surface area contributed by atoms with Crippen molar-refractivity contribution in [3.05, 3.63) is 47.5 Å². The van der Waals surface area contributed by atoms with Crippen LogP contribution < -0.4 is 14.2 Å². The number of hydrogen-bond acceptors (Lipinski definition) is 4. The number of carbonyl (C=O) groups is 1. The number of halogens is 3. The van der Waals surface area contributed by atoms with Gasteiger partial charge in [-0.2, -0.15) is 13.2 Å². The molecule has 27 heavy (non-hydrogen) atoms. The maximum atomic E-state index is 12.9. The standard InChI is InChI=1S/C19H15F3O5/c1-2-25-14-7-9(19(20,21)22)3-6-12(14)26-10-4-5-11-13(8-10)27-17-15(11)16(17)18(23)24/h3-8,15-17H,2H2,1H3,(H,23,24). The van der Waals surface area contributed by atoms with Crippen molar-refractivity contribution in [3.63, 3.8) is 0 Å². The smallest absolute Gasteiger partial charge is 0.416 e. The third kappa shape index (κ3) is 3.05. The number of alkyl halides is 3. The number of aliphatic carboxylic acids is 1. The van der Waals surface area contributed by atoms with Gasteiger partial charge >= 0.3 is 12.1 Å². The molecule has 2 aromatic rings. The van der Waals surface area contributed by atoms with Crippen molar-refractivity contribution in [2.45, 2.75) is 25.1 Å². The molecule has 8 heteroatoms. The maximum absolute atomic E-state index is 12.9. The molecule has 5 nitrogen and oxygen atoms in total. The largest absolute Gasteiger partial charge is 0.490 e. The number of ether oxygens (including phenoxy) is 3. The molecule has 3 atom stereocenters. The summed E-state index contributed by atoms with van der Waals surface area (Å²) in [5.41, 5.74) is -0.0208. The molecule has 1 heterocycles. The Hall–Kier alpha value is -2.90.